The topological polar surface area (TPSA) is 57.9 Å². The Kier molecular flexibility index (Phi) is 3.61. The molecule has 0 heterocycles. The van der Waals surface area contributed by atoms with Crippen molar-refractivity contribution in [2.75, 3.05) is 0 Å². The first-order valence-corrected chi connectivity index (χ1v) is 6.76. The first-order valence-electron chi connectivity index (χ1n) is 4.08. The molecule has 0 fully saturated rings. The quantitative estimate of drug-likeness (QED) is 0.771. The third-order valence-electron chi connectivity index (χ3n) is 1.92. The Balaban J connectivity index is 3.73. The number of nitriles is 1. The predicted molar refractivity (Wildman–Crippen MR) is 58.6 cm³/mol. The smallest absolute Gasteiger partial charge is 0.207 e. The molecule has 0 unspecified atom stereocenters. The Labute approximate surface area is 97.7 Å². The Hall–Kier alpha value is -0.760. The van der Waals surface area contributed by atoms with Crippen molar-refractivity contribution in [3.8, 4) is 6.07 Å². The Morgan fingerprint density at radius 2 is 2.07 bits per heavy atom. The lowest BCUT2D eigenvalue weighted by atomic mass is 10.1. The third kappa shape index (κ3) is 2.43. The van der Waals surface area contributed by atoms with Crippen LogP contribution in [0.1, 0.15) is 18.1 Å². The molecule has 1 aromatic rings. The van der Waals surface area contributed by atoms with Crippen LogP contribution < -0.4 is 0 Å². The minimum Gasteiger partial charge on any atom is -0.207 e. The highest BCUT2D eigenvalue weighted by Gasteiger charge is 2.21. The van der Waals surface area contributed by atoms with E-state index in [9.17, 15) is 8.42 Å². The lowest BCUT2D eigenvalue weighted by Gasteiger charge is -2.07. The van der Waals surface area contributed by atoms with Crippen LogP contribution in [0.4, 0.5) is 0 Å². The van der Waals surface area contributed by atoms with E-state index in [-0.39, 0.29) is 15.5 Å². The van der Waals surface area contributed by atoms with Gasteiger partial charge in [-0.05, 0) is 18.1 Å². The second kappa shape index (κ2) is 4.40. The summed E-state index contributed by atoms with van der Waals surface area (Å²) in [7, 11) is 1.32. The fourth-order valence-electron chi connectivity index (χ4n) is 1.26. The van der Waals surface area contributed by atoms with Crippen molar-refractivity contribution in [1.29, 1.82) is 5.26 Å². The highest BCUT2D eigenvalue weighted by Crippen LogP contribution is 2.29. The van der Waals surface area contributed by atoms with Gasteiger partial charge in [-0.2, -0.15) is 5.26 Å². The van der Waals surface area contributed by atoms with Gasteiger partial charge in [-0.1, -0.05) is 24.6 Å². The minimum absolute atomic E-state index is 0.0916. The summed E-state index contributed by atoms with van der Waals surface area (Å²) in [6, 6.07) is 4.79. The van der Waals surface area contributed by atoms with Crippen molar-refractivity contribution < 1.29 is 8.42 Å². The Morgan fingerprint density at radius 1 is 1.47 bits per heavy atom. The van der Waals surface area contributed by atoms with Crippen LogP contribution in [0.3, 0.4) is 0 Å². The normalized spacial score (nSPS) is 11.1. The molecule has 0 radical (unpaired) electrons. The molecule has 0 atom stereocenters. The molecule has 0 saturated heterocycles. The summed E-state index contributed by atoms with van der Waals surface area (Å²) < 4.78 is 22.6. The van der Waals surface area contributed by atoms with E-state index >= 15 is 0 Å². The van der Waals surface area contributed by atoms with Gasteiger partial charge in [0.15, 0.2) is 0 Å². The zero-order chi connectivity index (χ0) is 11.6. The van der Waals surface area contributed by atoms with E-state index in [0.717, 1.165) is 0 Å². The molecule has 0 aliphatic rings. The molecule has 0 bridgehead atoms. The number of aryl methyl sites for hydroxylation is 1. The first-order chi connectivity index (χ1) is 6.91. The molecule has 0 amide bonds. The summed E-state index contributed by atoms with van der Waals surface area (Å²) in [6.07, 6.45) is 0.465. The number of hydrogen-bond donors (Lipinski definition) is 0. The van der Waals surface area contributed by atoms with Crippen LogP contribution in [-0.2, 0) is 15.5 Å². The number of halogens is 2. The van der Waals surface area contributed by atoms with Gasteiger partial charge in [0.1, 0.15) is 11.0 Å². The molecule has 80 valence electrons. The van der Waals surface area contributed by atoms with Crippen LogP contribution in [0.25, 0.3) is 0 Å². The molecule has 6 heteroatoms. The highest BCUT2D eigenvalue weighted by atomic mass is 35.7. The minimum atomic E-state index is -3.95. The Morgan fingerprint density at radius 3 is 2.47 bits per heavy atom. The van der Waals surface area contributed by atoms with Crippen molar-refractivity contribution in [2.24, 2.45) is 0 Å². The van der Waals surface area contributed by atoms with Crippen LogP contribution in [0.2, 0.25) is 5.02 Å². The van der Waals surface area contributed by atoms with Gasteiger partial charge in [0.05, 0.1) is 10.6 Å². The predicted octanol–water partition coefficient (Wildman–Crippen LogP) is 2.70. The monoisotopic (exact) mass is 263 g/mol. The van der Waals surface area contributed by atoms with Gasteiger partial charge < -0.3 is 0 Å². The second-order valence-corrected chi connectivity index (χ2v) is 5.72. The van der Waals surface area contributed by atoms with E-state index in [1.54, 1.807) is 19.1 Å². The van der Waals surface area contributed by atoms with Crippen molar-refractivity contribution in [2.45, 2.75) is 18.2 Å². The molecule has 1 aromatic carbocycles. The average molecular weight is 264 g/mol. The van der Waals surface area contributed by atoms with E-state index in [1.807, 2.05) is 0 Å². The van der Waals surface area contributed by atoms with E-state index < -0.39 is 9.05 Å². The molecule has 0 aliphatic carbocycles. The van der Waals surface area contributed by atoms with Crippen LogP contribution in [0, 0.1) is 11.3 Å². The summed E-state index contributed by atoms with van der Waals surface area (Å²) in [6.45, 7) is 1.77. The van der Waals surface area contributed by atoms with Crippen molar-refractivity contribution in [1.82, 2.24) is 0 Å². The summed E-state index contributed by atoms with van der Waals surface area (Å²) in [5.74, 6) is 0. The van der Waals surface area contributed by atoms with Gasteiger partial charge in [-0.25, -0.2) is 8.42 Å². The van der Waals surface area contributed by atoms with Gasteiger partial charge in [-0.3, -0.25) is 0 Å². The Bertz CT molecular complexity index is 532. The summed E-state index contributed by atoms with van der Waals surface area (Å²) in [4.78, 5) is -0.179. The lowest BCUT2D eigenvalue weighted by Crippen LogP contribution is -2.01. The highest BCUT2D eigenvalue weighted by molar-refractivity contribution is 8.13. The van der Waals surface area contributed by atoms with Gasteiger partial charge in [0.2, 0.25) is 0 Å². The van der Waals surface area contributed by atoms with Crippen LogP contribution in [0.5, 0.6) is 0 Å². The number of nitrogens with zero attached hydrogens (tertiary/aromatic N) is 1. The van der Waals surface area contributed by atoms with Gasteiger partial charge >= 0.3 is 0 Å². The molecular formula is C9H7Cl2NO2S. The van der Waals surface area contributed by atoms with Gasteiger partial charge in [0.25, 0.3) is 9.05 Å². The van der Waals surface area contributed by atoms with Gasteiger partial charge in [-0.15, -0.1) is 0 Å². The zero-order valence-electron chi connectivity index (χ0n) is 7.79. The fraction of sp³-hybridized carbons (Fsp3) is 0.222. The maximum Gasteiger partial charge on any atom is 0.262 e. The van der Waals surface area contributed by atoms with Crippen molar-refractivity contribution >= 4 is 31.3 Å². The largest absolute Gasteiger partial charge is 0.262 e. The number of rotatable bonds is 2. The standard InChI is InChI=1S/C9H7Cl2NO2S/c1-2-6-3-4-8(10)7(5-12)9(6)15(11,13)14/h3-4H,2H2,1H3. The molecule has 15 heavy (non-hydrogen) atoms. The van der Waals surface area contributed by atoms with E-state index in [0.29, 0.717) is 12.0 Å². The van der Waals surface area contributed by atoms with E-state index in [4.69, 9.17) is 27.5 Å². The van der Waals surface area contributed by atoms with Gasteiger partial charge in [0, 0.05) is 10.7 Å². The SMILES string of the molecule is CCc1ccc(Cl)c(C#N)c1S(=O)(=O)Cl. The first kappa shape index (κ1) is 12.3. The van der Waals surface area contributed by atoms with Crippen LogP contribution in [-0.4, -0.2) is 8.42 Å². The molecule has 0 saturated carbocycles. The zero-order valence-corrected chi connectivity index (χ0v) is 10.1. The van der Waals surface area contributed by atoms with Crippen LogP contribution in [0.15, 0.2) is 17.0 Å². The molecule has 0 spiro atoms. The molecule has 1 rings (SSSR count). The molecule has 0 N–H and O–H groups in total. The van der Waals surface area contributed by atoms with Crippen LogP contribution >= 0.6 is 22.3 Å². The molecule has 0 aromatic heterocycles. The summed E-state index contributed by atoms with van der Waals surface area (Å²) in [5, 5.41) is 8.92. The second-order valence-electron chi connectivity index (χ2n) is 2.81. The third-order valence-corrected chi connectivity index (χ3v) is 3.66. The summed E-state index contributed by atoms with van der Waals surface area (Å²) in [5.41, 5.74) is 0.400. The molecule has 0 aliphatic heterocycles. The van der Waals surface area contributed by atoms with E-state index in [2.05, 4.69) is 0 Å². The summed E-state index contributed by atoms with van der Waals surface area (Å²) >= 11 is 5.72. The number of benzene rings is 1. The molecule has 3 nitrogen and oxygen atoms in total. The maximum atomic E-state index is 11.3. The lowest BCUT2D eigenvalue weighted by molar-refractivity contribution is 0.608. The number of hydrogen-bond acceptors (Lipinski definition) is 3. The molecular weight excluding hydrogens is 257 g/mol. The van der Waals surface area contributed by atoms with E-state index in [1.165, 1.54) is 6.07 Å². The van der Waals surface area contributed by atoms with Crippen molar-refractivity contribution in [3.63, 3.8) is 0 Å². The average Bonchev–Trinajstić information content (AvgIpc) is 2.15. The fourth-order valence-corrected chi connectivity index (χ4v) is 2.97. The van der Waals surface area contributed by atoms with Crippen molar-refractivity contribution in [3.05, 3.63) is 28.3 Å². The maximum absolute atomic E-state index is 11.3.